The van der Waals surface area contributed by atoms with Crippen LogP contribution in [0.25, 0.3) is 0 Å². The van der Waals surface area contributed by atoms with E-state index in [1.807, 2.05) is 6.07 Å². The first-order valence-electron chi connectivity index (χ1n) is 7.59. The molecule has 0 aliphatic rings. The van der Waals surface area contributed by atoms with Crippen LogP contribution in [0.2, 0.25) is 0 Å². The van der Waals surface area contributed by atoms with Crippen LogP contribution in [0.15, 0.2) is 24.3 Å². The Morgan fingerprint density at radius 1 is 1.42 bits per heavy atom. The molecule has 0 saturated heterocycles. The Morgan fingerprint density at radius 3 is 2.73 bits per heavy atom. The van der Waals surface area contributed by atoms with Crippen molar-refractivity contribution in [2.45, 2.75) is 19.4 Å². The second kappa shape index (κ2) is 9.73. The molecule has 0 spiro atoms. The lowest BCUT2D eigenvalue weighted by molar-refractivity contribution is -0.384. The quantitative estimate of drug-likeness (QED) is 0.406. The molecule has 0 bridgehead atoms. The third-order valence-corrected chi connectivity index (χ3v) is 3.34. The average molecular weight is 362 g/mol. The Kier molecular flexibility index (Phi) is 7.69. The number of esters is 1. The van der Waals surface area contributed by atoms with Crippen LogP contribution in [0.3, 0.4) is 0 Å². The highest BCUT2D eigenvalue weighted by molar-refractivity contribution is 5.97. The van der Waals surface area contributed by atoms with Crippen molar-refractivity contribution in [3.8, 4) is 6.07 Å². The monoisotopic (exact) mass is 362 g/mol. The van der Waals surface area contributed by atoms with Crippen molar-refractivity contribution in [3.63, 3.8) is 0 Å². The maximum atomic E-state index is 12.1. The molecule has 10 heteroatoms. The molecule has 26 heavy (non-hydrogen) atoms. The van der Waals surface area contributed by atoms with Crippen LogP contribution in [-0.2, 0) is 14.3 Å². The predicted octanol–water partition coefficient (Wildman–Crippen LogP) is 0.628. The van der Waals surface area contributed by atoms with Gasteiger partial charge in [-0.3, -0.25) is 19.7 Å². The number of nitro groups is 1. The molecule has 2 amide bonds. The molecular weight excluding hydrogens is 344 g/mol. The number of hydrogen-bond donors (Lipinski definition) is 1. The fraction of sp³-hybridized carbons (Fsp3) is 0.375. The lowest BCUT2D eigenvalue weighted by Crippen LogP contribution is -2.41. The summed E-state index contributed by atoms with van der Waals surface area (Å²) in [5, 5.41) is 21.5. The molecule has 1 rings (SSSR count). The van der Waals surface area contributed by atoms with Gasteiger partial charge in [0.15, 0.2) is 6.61 Å². The van der Waals surface area contributed by atoms with Crippen LogP contribution in [-0.4, -0.2) is 53.8 Å². The van der Waals surface area contributed by atoms with Crippen LogP contribution >= 0.6 is 0 Å². The summed E-state index contributed by atoms with van der Waals surface area (Å²) in [5.74, 6) is -1.99. The van der Waals surface area contributed by atoms with Gasteiger partial charge in [-0.05, 0) is 13.0 Å². The Bertz CT molecular complexity index is 743. The zero-order valence-electron chi connectivity index (χ0n) is 14.3. The summed E-state index contributed by atoms with van der Waals surface area (Å²) < 4.78 is 4.83. The van der Waals surface area contributed by atoms with Gasteiger partial charge < -0.3 is 15.0 Å². The molecule has 1 unspecified atom stereocenters. The number of nitrogens with one attached hydrogen (secondary N) is 1. The molecule has 0 aliphatic heterocycles. The third-order valence-electron chi connectivity index (χ3n) is 3.34. The number of carbonyl (C=O) groups is 3. The van der Waals surface area contributed by atoms with Crippen LogP contribution in [0.4, 0.5) is 5.69 Å². The predicted molar refractivity (Wildman–Crippen MR) is 88.9 cm³/mol. The summed E-state index contributed by atoms with van der Waals surface area (Å²) in [6.07, 6.45) is 0.159. The topological polar surface area (TPSA) is 143 Å². The van der Waals surface area contributed by atoms with Gasteiger partial charge in [-0.25, -0.2) is 4.79 Å². The second-order valence-corrected chi connectivity index (χ2v) is 5.33. The van der Waals surface area contributed by atoms with E-state index in [4.69, 9.17) is 10.00 Å². The Hall–Kier alpha value is -3.48. The second-order valence-electron chi connectivity index (χ2n) is 5.33. The first-order chi connectivity index (χ1) is 12.3. The number of benzene rings is 1. The lowest BCUT2D eigenvalue weighted by Gasteiger charge is -2.17. The summed E-state index contributed by atoms with van der Waals surface area (Å²) >= 11 is 0. The van der Waals surface area contributed by atoms with Gasteiger partial charge in [0.2, 0.25) is 0 Å². The largest absolute Gasteiger partial charge is 0.454 e. The Morgan fingerprint density at radius 2 is 2.12 bits per heavy atom. The van der Waals surface area contributed by atoms with Gasteiger partial charge >= 0.3 is 5.97 Å². The van der Waals surface area contributed by atoms with Crippen molar-refractivity contribution in [1.82, 2.24) is 10.2 Å². The zero-order valence-corrected chi connectivity index (χ0v) is 14.3. The molecule has 0 saturated carbocycles. The summed E-state index contributed by atoms with van der Waals surface area (Å²) in [6, 6.07) is 5.88. The molecule has 1 aromatic carbocycles. The summed E-state index contributed by atoms with van der Waals surface area (Å²) in [5.41, 5.74) is -0.231. The van der Waals surface area contributed by atoms with Gasteiger partial charge in [0.1, 0.15) is 6.04 Å². The van der Waals surface area contributed by atoms with E-state index >= 15 is 0 Å². The van der Waals surface area contributed by atoms with Crippen molar-refractivity contribution in [2.75, 3.05) is 20.2 Å². The van der Waals surface area contributed by atoms with Crippen LogP contribution < -0.4 is 5.32 Å². The fourth-order valence-electron chi connectivity index (χ4n) is 1.81. The lowest BCUT2D eigenvalue weighted by atomic mass is 10.2. The Balaban J connectivity index is 2.55. The van der Waals surface area contributed by atoms with Crippen molar-refractivity contribution >= 4 is 23.5 Å². The van der Waals surface area contributed by atoms with Gasteiger partial charge in [-0.2, -0.15) is 5.26 Å². The molecule has 1 atom stereocenters. The van der Waals surface area contributed by atoms with Gasteiger partial charge in [0.25, 0.3) is 17.5 Å². The molecule has 10 nitrogen and oxygen atoms in total. The standard InChI is InChI=1S/C16H18N4O6/c1-11(16(23)26-10-14(21)19(2)8-4-7-17)18-15(22)12-5-3-6-13(9-12)20(24)25/h3,5-6,9,11H,4,8,10H2,1-2H3,(H,18,22). The fourth-order valence-corrected chi connectivity index (χ4v) is 1.81. The van der Waals surface area contributed by atoms with E-state index in [0.717, 1.165) is 6.07 Å². The summed E-state index contributed by atoms with van der Waals surface area (Å²) in [4.78, 5) is 47.0. The minimum atomic E-state index is -1.06. The van der Waals surface area contributed by atoms with Crippen LogP contribution in [0, 0.1) is 21.4 Å². The van der Waals surface area contributed by atoms with E-state index < -0.39 is 35.4 Å². The number of nitriles is 1. The third kappa shape index (κ3) is 6.20. The molecule has 0 fully saturated rings. The zero-order chi connectivity index (χ0) is 19.7. The van der Waals surface area contributed by atoms with Crippen LogP contribution in [0.5, 0.6) is 0 Å². The molecule has 0 aromatic heterocycles. The number of hydrogen-bond acceptors (Lipinski definition) is 7. The Labute approximate surface area is 149 Å². The summed E-state index contributed by atoms with van der Waals surface area (Å²) in [7, 11) is 1.47. The van der Waals surface area contributed by atoms with E-state index in [1.165, 1.54) is 37.1 Å². The number of amides is 2. The number of nitro benzene ring substituents is 1. The molecule has 0 aliphatic carbocycles. The SMILES string of the molecule is CC(NC(=O)c1cccc([N+](=O)[O-])c1)C(=O)OCC(=O)N(C)CCC#N. The number of ether oxygens (including phenoxy) is 1. The minimum Gasteiger partial charge on any atom is -0.454 e. The molecule has 1 aromatic rings. The van der Waals surface area contributed by atoms with Crippen molar-refractivity contribution in [2.24, 2.45) is 0 Å². The van der Waals surface area contributed by atoms with E-state index in [2.05, 4.69) is 5.32 Å². The van der Waals surface area contributed by atoms with E-state index in [-0.39, 0.29) is 24.2 Å². The molecule has 0 radical (unpaired) electrons. The van der Waals surface area contributed by atoms with Crippen molar-refractivity contribution in [3.05, 3.63) is 39.9 Å². The van der Waals surface area contributed by atoms with Gasteiger partial charge in [0, 0.05) is 31.3 Å². The number of carbonyl (C=O) groups excluding carboxylic acids is 3. The molecule has 1 N–H and O–H groups in total. The highest BCUT2D eigenvalue weighted by Crippen LogP contribution is 2.13. The molecule has 138 valence electrons. The van der Waals surface area contributed by atoms with E-state index in [1.54, 1.807) is 0 Å². The number of nitrogens with zero attached hydrogens (tertiary/aromatic N) is 3. The van der Waals surface area contributed by atoms with E-state index in [9.17, 15) is 24.5 Å². The van der Waals surface area contributed by atoms with Gasteiger partial charge in [-0.15, -0.1) is 0 Å². The van der Waals surface area contributed by atoms with Gasteiger partial charge in [0.05, 0.1) is 17.4 Å². The van der Waals surface area contributed by atoms with Crippen molar-refractivity contribution < 1.29 is 24.0 Å². The minimum absolute atomic E-state index is 0.0196. The maximum absolute atomic E-state index is 12.1. The first-order valence-corrected chi connectivity index (χ1v) is 7.59. The van der Waals surface area contributed by atoms with Crippen LogP contribution in [0.1, 0.15) is 23.7 Å². The number of rotatable bonds is 8. The summed E-state index contributed by atoms with van der Waals surface area (Å²) in [6.45, 7) is 1.06. The molecular formula is C16H18N4O6. The normalized spacial score (nSPS) is 11.0. The van der Waals surface area contributed by atoms with Crippen molar-refractivity contribution in [1.29, 1.82) is 5.26 Å². The first kappa shape index (κ1) is 20.6. The van der Waals surface area contributed by atoms with Gasteiger partial charge in [-0.1, -0.05) is 6.07 Å². The smallest absolute Gasteiger partial charge is 0.328 e. The number of non-ortho nitro benzene ring substituents is 1. The maximum Gasteiger partial charge on any atom is 0.328 e. The molecule has 0 heterocycles. The van der Waals surface area contributed by atoms with E-state index in [0.29, 0.717) is 0 Å². The average Bonchev–Trinajstić information content (AvgIpc) is 2.63. The highest BCUT2D eigenvalue weighted by atomic mass is 16.6. The number of likely N-dealkylation sites (N-methyl/N-ethyl adjacent to an activating group) is 1. The highest BCUT2D eigenvalue weighted by Gasteiger charge is 2.21.